The minimum absolute atomic E-state index is 0.806. The quantitative estimate of drug-likeness (QED) is 0.809. The molecule has 1 aromatic carbocycles. The summed E-state index contributed by atoms with van der Waals surface area (Å²) in [6.07, 6.45) is 5.38. The highest BCUT2D eigenvalue weighted by Gasteiger charge is 2.18. The normalized spacial score (nSPS) is 13.6. The number of pyridine rings is 1. The summed E-state index contributed by atoms with van der Waals surface area (Å²) in [7, 11) is 0. The molecule has 0 spiro atoms. The van der Waals surface area contributed by atoms with Crippen molar-refractivity contribution in [3.05, 3.63) is 48.2 Å². The summed E-state index contributed by atoms with van der Waals surface area (Å²) in [5, 5.41) is 4.71. The van der Waals surface area contributed by atoms with Gasteiger partial charge in [0.15, 0.2) is 0 Å². The van der Waals surface area contributed by atoms with E-state index in [0.29, 0.717) is 0 Å². The fourth-order valence-corrected chi connectivity index (χ4v) is 2.59. The standard InChI is InChI=1S/C15H16N2/c1-2-10-16-15-11-6-3-4-8-13(11)17-14-9-5-7-12(14)15/h2-4,6,8H,1,5,7,9-10H2,(H,16,17). The molecule has 0 unspecified atom stereocenters. The third-order valence-corrected chi connectivity index (χ3v) is 3.34. The van der Waals surface area contributed by atoms with Crippen molar-refractivity contribution in [3.63, 3.8) is 0 Å². The first-order chi connectivity index (χ1) is 8.40. The van der Waals surface area contributed by atoms with Gasteiger partial charge in [-0.3, -0.25) is 4.98 Å². The Balaban J connectivity index is 2.23. The highest BCUT2D eigenvalue weighted by Crippen LogP contribution is 2.33. The molecule has 1 N–H and O–H groups in total. The first-order valence-electron chi connectivity index (χ1n) is 6.15. The van der Waals surface area contributed by atoms with E-state index in [9.17, 15) is 0 Å². The molecule has 0 saturated heterocycles. The molecule has 0 radical (unpaired) electrons. The van der Waals surface area contributed by atoms with Crippen LogP contribution in [0.15, 0.2) is 36.9 Å². The van der Waals surface area contributed by atoms with Gasteiger partial charge in [0, 0.05) is 23.3 Å². The average molecular weight is 224 g/mol. The van der Waals surface area contributed by atoms with Crippen LogP contribution in [0.25, 0.3) is 10.9 Å². The number of hydrogen-bond donors (Lipinski definition) is 1. The molecule has 2 aromatic rings. The molecule has 1 aromatic heterocycles. The maximum absolute atomic E-state index is 4.76. The molecule has 0 bridgehead atoms. The maximum Gasteiger partial charge on any atom is 0.0726 e. The van der Waals surface area contributed by atoms with Crippen LogP contribution >= 0.6 is 0 Å². The molecular weight excluding hydrogens is 208 g/mol. The van der Waals surface area contributed by atoms with E-state index < -0.39 is 0 Å². The van der Waals surface area contributed by atoms with Gasteiger partial charge in [-0.05, 0) is 30.9 Å². The lowest BCUT2D eigenvalue weighted by Crippen LogP contribution is -2.04. The van der Waals surface area contributed by atoms with Gasteiger partial charge in [0.25, 0.3) is 0 Å². The summed E-state index contributed by atoms with van der Waals surface area (Å²) in [6, 6.07) is 8.36. The summed E-state index contributed by atoms with van der Waals surface area (Å²) < 4.78 is 0. The van der Waals surface area contributed by atoms with Gasteiger partial charge in [0.05, 0.1) is 5.52 Å². The second kappa shape index (κ2) is 4.21. The second-order valence-corrected chi connectivity index (χ2v) is 4.45. The summed E-state index contributed by atoms with van der Waals surface area (Å²) in [6.45, 7) is 4.58. The summed E-state index contributed by atoms with van der Waals surface area (Å²) in [4.78, 5) is 4.76. The molecule has 1 heterocycles. The number of nitrogens with one attached hydrogen (secondary N) is 1. The molecule has 17 heavy (non-hydrogen) atoms. The zero-order chi connectivity index (χ0) is 11.7. The molecule has 0 atom stereocenters. The molecule has 0 fully saturated rings. The highest BCUT2D eigenvalue weighted by atomic mass is 14.9. The largest absolute Gasteiger partial charge is 0.381 e. The van der Waals surface area contributed by atoms with Gasteiger partial charge in [0.1, 0.15) is 0 Å². The van der Waals surface area contributed by atoms with Crippen LogP contribution in [0.3, 0.4) is 0 Å². The smallest absolute Gasteiger partial charge is 0.0726 e. The van der Waals surface area contributed by atoms with Crippen molar-refractivity contribution in [2.45, 2.75) is 19.3 Å². The van der Waals surface area contributed by atoms with Gasteiger partial charge in [-0.2, -0.15) is 0 Å². The number of rotatable bonds is 3. The average Bonchev–Trinajstić information content (AvgIpc) is 2.82. The fraction of sp³-hybridized carbons (Fsp3) is 0.267. The minimum Gasteiger partial charge on any atom is -0.381 e. The van der Waals surface area contributed by atoms with Crippen molar-refractivity contribution >= 4 is 16.6 Å². The van der Waals surface area contributed by atoms with Crippen LogP contribution < -0.4 is 5.32 Å². The minimum atomic E-state index is 0.806. The monoisotopic (exact) mass is 224 g/mol. The van der Waals surface area contributed by atoms with E-state index in [0.717, 1.165) is 24.9 Å². The van der Waals surface area contributed by atoms with Crippen LogP contribution in [0.1, 0.15) is 17.7 Å². The molecule has 2 nitrogen and oxygen atoms in total. The van der Waals surface area contributed by atoms with Gasteiger partial charge in [-0.25, -0.2) is 0 Å². The van der Waals surface area contributed by atoms with Crippen LogP contribution in [-0.4, -0.2) is 11.5 Å². The zero-order valence-corrected chi connectivity index (χ0v) is 9.87. The number of para-hydroxylation sites is 1. The van der Waals surface area contributed by atoms with Gasteiger partial charge < -0.3 is 5.32 Å². The van der Waals surface area contributed by atoms with Crippen LogP contribution in [0, 0.1) is 0 Å². The van der Waals surface area contributed by atoms with E-state index in [1.54, 1.807) is 0 Å². The van der Waals surface area contributed by atoms with Crippen LogP contribution in [0.5, 0.6) is 0 Å². The topological polar surface area (TPSA) is 24.9 Å². The van der Waals surface area contributed by atoms with Gasteiger partial charge >= 0.3 is 0 Å². The zero-order valence-electron chi connectivity index (χ0n) is 9.87. The first kappa shape index (κ1) is 10.3. The van der Waals surface area contributed by atoms with Crippen molar-refractivity contribution in [2.75, 3.05) is 11.9 Å². The Hall–Kier alpha value is -1.83. The van der Waals surface area contributed by atoms with Crippen LogP contribution in [0.4, 0.5) is 5.69 Å². The predicted octanol–water partition coefficient (Wildman–Crippen LogP) is 3.32. The van der Waals surface area contributed by atoms with Crippen molar-refractivity contribution < 1.29 is 0 Å². The Kier molecular flexibility index (Phi) is 2.56. The number of benzene rings is 1. The third-order valence-electron chi connectivity index (χ3n) is 3.34. The Morgan fingerprint density at radius 1 is 1.29 bits per heavy atom. The molecule has 86 valence electrons. The lowest BCUT2D eigenvalue weighted by molar-refractivity contribution is 0.901. The number of hydrogen-bond acceptors (Lipinski definition) is 2. The van der Waals surface area contributed by atoms with Crippen molar-refractivity contribution in [3.8, 4) is 0 Å². The number of fused-ring (bicyclic) bond motifs is 2. The molecule has 0 aliphatic heterocycles. The number of nitrogens with zero attached hydrogens (tertiary/aromatic N) is 1. The lowest BCUT2D eigenvalue weighted by Gasteiger charge is -2.13. The van der Waals surface area contributed by atoms with E-state index in [1.807, 2.05) is 12.1 Å². The molecule has 2 heteroatoms. The Bertz CT molecular complexity index is 572. The van der Waals surface area contributed by atoms with Gasteiger partial charge in [0.2, 0.25) is 0 Å². The summed E-state index contributed by atoms with van der Waals surface area (Å²) >= 11 is 0. The second-order valence-electron chi connectivity index (χ2n) is 4.45. The maximum atomic E-state index is 4.76. The third kappa shape index (κ3) is 1.70. The SMILES string of the molecule is C=CCNc1c2c(nc3ccccc13)CCC2. The van der Waals surface area contributed by atoms with Crippen LogP contribution in [0.2, 0.25) is 0 Å². The molecule has 3 rings (SSSR count). The van der Waals surface area contributed by atoms with Gasteiger partial charge in [-0.15, -0.1) is 6.58 Å². The van der Waals surface area contributed by atoms with E-state index in [1.165, 1.54) is 28.8 Å². The molecule has 1 aliphatic carbocycles. The van der Waals surface area contributed by atoms with Crippen molar-refractivity contribution in [1.82, 2.24) is 4.98 Å². The lowest BCUT2D eigenvalue weighted by atomic mass is 10.1. The Labute approximate surface area is 101 Å². The predicted molar refractivity (Wildman–Crippen MR) is 72.5 cm³/mol. The fourth-order valence-electron chi connectivity index (χ4n) is 2.59. The van der Waals surface area contributed by atoms with Crippen molar-refractivity contribution in [2.24, 2.45) is 0 Å². The van der Waals surface area contributed by atoms with E-state index in [4.69, 9.17) is 4.98 Å². The molecule has 0 saturated carbocycles. The molecule has 0 amide bonds. The summed E-state index contributed by atoms with van der Waals surface area (Å²) in [5.74, 6) is 0. The van der Waals surface area contributed by atoms with Crippen LogP contribution in [-0.2, 0) is 12.8 Å². The first-order valence-corrected chi connectivity index (χ1v) is 6.15. The summed E-state index contributed by atoms with van der Waals surface area (Å²) in [5.41, 5.74) is 5.04. The van der Waals surface area contributed by atoms with Crippen molar-refractivity contribution in [1.29, 1.82) is 0 Å². The molecular formula is C15H16N2. The van der Waals surface area contributed by atoms with Gasteiger partial charge in [-0.1, -0.05) is 24.3 Å². The number of anilines is 1. The highest BCUT2D eigenvalue weighted by molar-refractivity contribution is 5.93. The van der Waals surface area contributed by atoms with E-state index in [2.05, 4.69) is 30.1 Å². The van der Waals surface area contributed by atoms with E-state index in [-0.39, 0.29) is 0 Å². The Morgan fingerprint density at radius 2 is 2.18 bits per heavy atom. The molecule has 1 aliphatic rings. The Morgan fingerprint density at radius 3 is 3.06 bits per heavy atom. The number of aryl methyl sites for hydroxylation is 1. The van der Waals surface area contributed by atoms with E-state index >= 15 is 0 Å². The number of aromatic nitrogens is 1.